The number of carbonyl (C=O) groups is 1. The van der Waals surface area contributed by atoms with Gasteiger partial charge in [0.15, 0.2) is 0 Å². The second kappa shape index (κ2) is 7.57. The normalized spacial score (nSPS) is 16.2. The highest BCUT2D eigenvalue weighted by atomic mass is 16.5. The van der Waals surface area contributed by atoms with Crippen LogP contribution in [-0.4, -0.2) is 32.8 Å². The average molecular weight is 340 g/mol. The summed E-state index contributed by atoms with van der Waals surface area (Å²) in [6, 6.07) is 15.1. The summed E-state index contributed by atoms with van der Waals surface area (Å²) in [6.45, 7) is 1.96. The van der Waals surface area contributed by atoms with Crippen LogP contribution >= 0.6 is 0 Å². The van der Waals surface area contributed by atoms with E-state index in [1.807, 2.05) is 12.1 Å². The number of methoxy groups -OCH3 is 1. The highest BCUT2D eigenvalue weighted by Crippen LogP contribution is 2.35. The van der Waals surface area contributed by atoms with E-state index in [0.717, 1.165) is 18.6 Å². The Labute approximate surface area is 148 Å². The lowest BCUT2D eigenvalue weighted by Crippen LogP contribution is -2.44. The van der Waals surface area contributed by atoms with Crippen LogP contribution < -0.4 is 15.8 Å². The molecule has 0 saturated carbocycles. The molecule has 5 heteroatoms. The van der Waals surface area contributed by atoms with Crippen molar-refractivity contribution in [2.24, 2.45) is 0 Å². The molecular weight excluding hydrogens is 316 g/mol. The molecule has 1 aliphatic rings. The van der Waals surface area contributed by atoms with Crippen molar-refractivity contribution in [1.82, 2.24) is 5.32 Å². The van der Waals surface area contributed by atoms with Crippen LogP contribution in [0.25, 0.3) is 0 Å². The maximum Gasteiger partial charge on any atom is 0.251 e. The first-order valence-electron chi connectivity index (χ1n) is 8.49. The molecule has 2 aromatic carbocycles. The van der Waals surface area contributed by atoms with Gasteiger partial charge in [0.05, 0.1) is 7.11 Å². The van der Waals surface area contributed by atoms with Gasteiger partial charge in [0.25, 0.3) is 5.91 Å². The fourth-order valence-electron chi connectivity index (χ4n) is 3.31. The van der Waals surface area contributed by atoms with Gasteiger partial charge in [-0.3, -0.25) is 4.79 Å². The number of anilines is 1. The summed E-state index contributed by atoms with van der Waals surface area (Å²) in [5, 5.41) is 3.08. The van der Waals surface area contributed by atoms with Gasteiger partial charge in [0.1, 0.15) is 5.75 Å². The summed E-state index contributed by atoms with van der Waals surface area (Å²) in [4.78, 5) is 12.5. The molecule has 0 spiro atoms. The van der Waals surface area contributed by atoms with Gasteiger partial charge in [-0.1, -0.05) is 18.2 Å². The predicted molar refractivity (Wildman–Crippen MR) is 97.9 cm³/mol. The third kappa shape index (κ3) is 3.94. The van der Waals surface area contributed by atoms with Crippen LogP contribution in [0.1, 0.15) is 28.8 Å². The fourth-order valence-corrected chi connectivity index (χ4v) is 3.31. The third-order valence-corrected chi connectivity index (χ3v) is 4.89. The Morgan fingerprint density at radius 3 is 2.56 bits per heavy atom. The number of rotatable bonds is 5. The van der Waals surface area contributed by atoms with Crippen molar-refractivity contribution in [2.75, 3.05) is 32.6 Å². The van der Waals surface area contributed by atoms with Crippen LogP contribution in [0.4, 0.5) is 5.69 Å². The summed E-state index contributed by atoms with van der Waals surface area (Å²) < 4.78 is 10.8. The standard InChI is InChI=1S/C20H24N2O3/c1-24-18-7-5-16(6-8-18)20(9-11-25-12-10-20)14-22-19(23)15-3-2-4-17(21)13-15/h2-8,13H,9-12,14,21H2,1H3,(H,22,23). The molecule has 3 rings (SSSR count). The summed E-state index contributed by atoms with van der Waals surface area (Å²) in [5.74, 6) is 0.724. The van der Waals surface area contributed by atoms with Crippen LogP contribution in [0, 0.1) is 0 Å². The molecule has 3 N–H and O–H groups in total. The predicted octanol–water partition coefficient (Wildman–Crippen LogP) is 2.76. The van der Waals surface area contributed by atoms with Gasteiger partial charge in [-0.2, -0.15) is 0 Å². The van der Waals surface area contributed by atoms with Crippen LogP contribution in [0.3, 0.4) is 0 Å². The lowest BCUT2D eigenvalue weighted by molar-refractivity contribution is 0.0487. The van der Waals surface area contributed by atoms with E-state index < -0.39 is 0 Å². The molecule has 0 radical (unpaired) electrons. The van der Waals surface area contributed by atoms with Gasteiger partial charge in [-0.05, 0) is 48.7 Å². The van der Waals surface area contributed by atoms with E-state index in [0.29, 0.717) is 31.0 Å². The second-order valence-electron chi connectivity index (χ2n) is 6.43. The molecule has 2 aromatic rings. The second-order valence-corrected chi connectivity index (χ2v) is 6.43. The van der Waals surface area contributed by atoms with Crippen LogP contribution in [0.5, 0.6) is 5.75 Å². The minimum atomic E-state index is -0.124. The number of nitrogens with one attached hydrogen (secondary N) is 1. The maximum absolute atomic E-state index is 12.5. The van der Waals surface area contributed by atoms with Gasteiger partial charge >= 0.3 is 0 Å². The summed E-state index contributed by atoms with van der Waals surface area (Å²) >= 11 is 0. The van der Waals surface area contributed by atoms with Gasteiger partial charge < -0.3 is 20.5 Å². The molecule has 25 heavy (non-hydrogen) atoms. The minimum Gasteiger partial charge on any atom is -0.497 e. The maximum atomic E-state index is 12.5. The van der Waals surface area contributed by atoms with E-state index in [2.05, 4.69) is 17.4 Å². The summed E-state index contributed by atoms with van der Waals surface area (Å²) in [5.41, 5.74) is 8.01. The van der Waals surface area contributed by atoms with Gasteiger partial charge in [0.2, 0.25) is 0 Å². The Morgan fingerprint density at radius 1 is 1.20 bits per heavy atom. The zero-order valence-electron chi connectivity index (χ0n) is 14.5. The molecule has 0 aliphatic carbocycles. The van der Waals surface area contributed by atoms with Crippen molar-refractivity contribution >= 4 is 11.6 Å². The molecule has 1 fully saturated rings. The molecule has 1 amide bonds. The zero-order chi connectivity index (χ0) is 17.7. The monoisotopic (exact) mass is 340 g/mol. The number of benzene rings is 2. The molecule has 0 unspecified atom stereocenters. The molecule has 132 valence electrons. The highest BCUT2D eigenvalue weighted by Gasteiger charge is 2.35. The zero-order valence-corrected chi connectivity index (χ0v) is 14.5. The van der Waals surface area contributed by atoms with Crippen LogP contribution in [0.2, 0.25) is 0 Å². The smallest absolute Gasteiger partial charge is 0.251 e. The van der Waals surface area contributed by atoms with E-state index >= 15 is 0 Å². The largest absolute Gasteiger partial charge is 0.497 e. The van der Waals surface area contributed by atoms with E-state index in [1.54, 1.807) is 31.4 Å². The van der Waals surface area contributed by atoms with Crippen molar-refractivity contribution < 1.29 is 14.3 Å². The van der Waals surface area contributed by atoms with Crippen molar-refractivity contribution in [1.29, 1.82) is 0 Å². The van der Waals surface area contributed by atoms with Gasteiger partial charge in [-0.25, -0.2) is 0 Å². The number of amides is 1. The van der Waals surface area contributed by atoms with E-state index in [4.69, 9.17) is 15.2 Å². The van der Waals surface area contributed by atoms with Crippen molar-refractivity contribution in [2.45, 2.75) is 18.3 Å². The van der Waals surface area contributed by atoms with E-state index in [1.165, 1.54) is 5.56 Å². The molecule has 5 nitrogen and oxygen atoms in total. The summed E-state index contributed by atoms with van der Waals surface area (Å²) in [6.07, 6.45) is 1.74. The Balaban J connectivity index is 1.77. The first kappa shape index (κ1) is 17.3. The first-order valence-corrected chi connectivity index (χ1v) is 8.49. The highest BCUT2D eigenvalue weighted by molar-refractivity contribution is 5.95. The molecule has 1 heterocycles. The lowest BCUT2D eigenvalue weighted by atomic mass is 9.74. The van der Waals surface area contributed by atoms with Crippen LogP contribution in [0.15, 0.2) is 48.5 Å². The quantitative estimate of drug-likeness (QED) is 0.821. The number of nitrogen functional groups attached to an aromatic ring is 1. The minimum absolute atomic E-state index is 0.105. The van der Waals surface area contributed by atoms with Crippen LogP contribution in [-0.2, 0) is 10.2 Å². The molecule has 0 atom stereocenters. The Morgan fingerprint density at radius 2 is 1.92 bits per heavy atom. The number of hydrogen-bond acceptors (Lipinski definition) is 4. The van der Waals surface area contributed by atoms with Crippen molar-refractivity contribution in [3.8, 4) is 5.75 Å². The van der Waals surface area contributed by atoms with E-state index in [-0.39, 0.29) is 11.3 Å². The molecule has 0 bridgehead atoms. The lowest BCUT2D eigenvalue weighted by Gasteiger charge is -2.38. The Bertz CT molecular complexity index is 722. The Kier molecular flexibility index (Phi) is 5.24. The number of nitrogens with two attached hydrogens (primary N) is 1. The van der Waals surface area contributed by atoms with Crippen molar-refractivity contribution in [3.05, 3.63) is 59.7 Å². The summed E-state index contributed by atoms with van der Waals surface area (Å²) in [7, 11) is 1.66. The van der Waals surface area contributed by atoms with Gasteiger partial charge in [-0.15, -0.1) is 0 Å². The topological polar surface area (TPSA) is 73.6 Å². The molecule has 0 aromatic heterocycles. The first-order chi connectivity index (χ1) is 12.1. The third-order valence-electron chi connectivity index (χ3n) is 4.89. The number of carbonyl (C=O) groups excluding carboxylic acids is 1. The van der Waals surface area contributed by atoms with E-state index in [9.17, 15) is 4.79 Å². The van der Waals surface area contributed by atoms with Gasteiger partial charge in [0, 0.05) is 36.4 Å². The molecule has 1 saturated heterocycles. The fraction of sp³-hybridized carbons (Fsp3) is 0.350. The molecule has 1 aliphatic heterocycles. The van der Waals surface area contributed by atoms with Crippen molar-refractivity contribution in [3.63, 3.8) is 0 Å². The average Bonchev–Trinajstić information content (AvgIpc) is 2.67. The number of ether oxygens (including phenoxy) is 2. The SMILES string of the molecule is COc1ccc(C2(CNC(=O)c3cccc(N)c3)CCOCC2)cc1. The number of hydrogen-bond donors (Lipinski definition) is 2. The molecular formula is C20H24N2O3. The Hall–Kier alpha value is -2.53.